The van der Waals surface area contributed by atoms with Crippen LogP contribution >= 0.6 is 0 Å². The Morgan fingerprint density at radius 2 is 2.09 bits per heavy atom. The van der Waals surface area contributed by atoms with Crippen LogP contribution in [0.2, 0.25) is 0 Å². The second-order valence-corrected chi connectivity index (χ2v) is 3.18. The molecule has 2 N–H and O–H groups in total. The molecule has 3 heteroatoms. The van der Waals surface area contributed by atoms with Crippen LogP contribution in [0, 0.1) is 0 Å². The van der Waals surface area contributed by atoms with E-state index in [0.717, 1.165) is 5.56 Å². The molecule has 0 amide bonds. The van der Waals surface area contributed by atoms with E-state index in [1.54, 1.807) is 6.20 Å². The predicted molar refractivity (Wildman–Crippen MR) is 42.6 cm³/mol. The maximum absolute atomic E-state index is 11.1. The van der Waals surface area contributed by atoms with Gasteiger partial charge in [-0.2, -0.15) is 0 Å². The number of nitrogens with one attached hydrogen (secondary N) is 2. The summed E-state index contributed by atoms with van der Waals surface area (Å²) in [6.45, 7) is 0. The second-order valence-electron chi connectivity index (χ2n) is 3.18. The van der Waals surface area contributed by atoms with Crippen molar-refractivity contribution < 1.29 is 0 Å². The van der Waals surface area contributed by atoms with Crippen molar-refractivity contribution in [3.63, 3.8) is 0 Å². The molecule has 2 rings (SSSR count). The fraction of sp³-hybridized carbons (Fsp3) is 0.625. The summed E-state index contributed by atoms with van der Waals surface area (Å²) in [6, 6.07) is 0. The predicted octanol–water partition coefficient (Wildman–Crippen LogP) is 1.36. The number of rotatable bonds is 1. The van der Waals surface area contributed by atoms with E-state index in [1.165, 1.54) is 25.7 Å². The summed E-state index contributed by atoms with van der Waals surface area (Å²) in [5, 5.41) is 5.30. The molecule has 0 bridgehead atoms. The summed E-state index contributed by atoms with van der Waals surface area (Å²) in [7, 11) is 0. The summed E-state index contributed by atoms with van der Waals surface area (Å²) >= 11 is 0. The zero-order chi connectivity index (χ0) is 7.68. The van der Waals surface area contributed by atoms with E-state index in [4.69, 9.17) is 0 Å². The summed E-state index contributed by atoms with van der Waals surface area (Å²) in [4.78, 5) is 11.1. The molecular weight excluding hydrogens is 140 g/mol. The molecule has 1 aromatic rings. The van der Waals surface area contributed by atoms with Crippen LogP contribution in [0.3, 0.4) is 0 Å². The van der Waals surface area contributed by atoms with Gasteiger partial charge in [0.25, 0.3) is 5.56 Å². The third-order valence-corrected chi connectivity index (χ3v) is 2.47. The molecule has 11 heavy (non-hydrogen) atoms. The monoisotopic (exact) mass is 152 g/mol. The SMILES string of the molecule is O=c1[nH][nH]cc1C1CCCC1. The first-order valence-corrected chi connectivity index (χ1v) is 4.14. The molecule has 0 aromatic carbocycles. The Labute approximate surface area is 64.8 Å². The Balaban J connectivity index is 2.28. The molecule has 0 aliphatic heterocycles. The van der Waals surface area contributed by atoms with Gasteiger partial charge in [-0.3, -0.25) is 9.89 Å². The lowest BCUT2D eigenvalue weighted by molar-refractivity contribution is 0.718. The molecule has 0 atom stereocenters. The van der Waals surface area contributed by atoms with E-state index < -0.39 is 0 Å². The van der Waals surface area contributed by atoms with Crippen molar-refractivity contribution >= 4 is 0 Å². The lowest BCUT2D eigenvalue weighted by Gasteiger charge is -2.01. The number of aromatic nitrogens is 2. The molecule has 0 unspecified atom stereocenters. The number of hydrogen-bond donors (Lipinski definition) is 2. The molecule has 1 heterocycles. The highest BCUT2D eigenvalue weighted by Crippen LogP contribution is 2.31. The van der Waals surface area contributed by atoms with Crippen LogP contribution in [-0.4, -0.2) is 10.2 Å². The van der Waals surface area contributed by atoms with Gasteiger partial charge in [-0.15, -0.1) is 0 Å². The van der Waals surface area contributed by atoms with E-state index in [0.29, 0.717) is 5.92 Å². The molecule has 1 fully saturated rings. The van der Waals surface area contributed by atoms with Crippen LogP contribution in [0.15, 0.2) is 11.0 Å². The van der Waals surface area contributed by atoms with E-state index in [-0.39, 0.29) is 5.56 Å². The van der Waals surface area contributed by atoms with Crippen molar-refractivity contribution in [2.24, 2.45) is 0 Å². The lowest BCUT2D eigenvalue weighted by Crippen LogP contribution is -2.08. The standard InChI is InChI=1S/C8H12N2O/c11-8-7(5-9-10-8)6-3-1-2-4-6/h5-6H,1-4H2,(H2,9,10,11). The van der Waals surface area contributed by atoms with Crippen LogP contribution in [0.5, 0.6) is 0 Å². The van der Waals surface area contributed by atoms with Gasteiger partial charge in [-0.1, -0.05) is 12.8 Å². The van der Waals surface area contributed by atoms with Crippen molar-refractivity contribution in [3.8, 4) is 0 Å². The molecule has 0 saturated heterocycles. The third-order valence-electron chi connectivity index (χ3n) is 2.47. The summed E-state index contributed by atoms with van der Waals surface area (Å²) in [5.41, 5.74) is 1.01. The van der Waals surface area contributed by atoms with Crippen molar-refractivity contribution in [3.05, 3.63) is 22.1 Å². The lowest BCUT2D eigenvalue weighted by atomic mass is 10.0. The van der Waals surface area contributed by atoms with Crippen LogP contribution in [0.1, 0.15) is 37.2 Å². The third kappa shape index (κ3) is 1.11. The zero-order valence-electron chi connectivity index (χ0n) is 6.39. The molecule has 60 valence electrons. The Bertz CT molecular complexity index is 280. The van der Waals surface area contributed by atoms with Gasteiger partial charge in [0.1, 0.15) is 0 Å². The Kier molecular flexibility index (Phi) is 1.56. The molecule has 1 aliphatic carbocycles. The smallest absolute Gasteiger partial charge is 0.267 e. The van der Waals surface area contributed by atoms with Gasteiger partial charge in [0.05, 0.1) is 0 Å². The average molecular weight is 152 g/mol. The maximum atomic E-state index is 11.1. The Morgan fingerprint density at radius 1 is 1.36 bits per heavy atom. The van der Waals surface area contributed by atoms with Crippen molar-refractivity contribution in [2.75, 3.05) is 0 Å². The highest BCUT2D eigenvalue weighted by atomic mass is 16.1. The van der Waals surface area contributed by atoms with Crippen molar-refractivity contribution in [1.29, 1.82) is 0 Å². The number of hydrogen-bond acceptors (Lipinski definition) is 1. The highest BCUT2D eigenvalue weighted by molar-refractivity contribution is 5.11. The molecule has 1 aliphatic rings. The highest BCUT2D eigenvalue weighted by Gasteiger charge is 2.19. The van der Waals surface area contributed by atoms with Crippen LogP contribution in [-0.2, 0) is 0 Å². The molecule has 0 spiro atoms. The van der Waals surface area contributed by atoms with E-state index >= 15 is 0 Å². The van der Waals surface area contributed by atoms with Gasteiger partial charge in [0, 0.05) is 11.8 Å². The second kappa shape index (κ2) is 2.57. The van der Waals surface area contributed by atoms with Crippen molar-refractivity contribution in [2.45, 2.75) is 31.6 Å². The molecular formula is C8H12N2O. The van der Waals surface area contributed by atoms with Gasteiger partial charge < -0.3 is 5.10 Å². The number of H-pyrrole nitrogens is 2. The fourth-order valence-electron chi connectivity index (χ4n) is 1.86. The largest absolute Gasteiger partial charge is 0.305 e. The van der Waals surface area contributed by atoms with E-state index in [1.807, 2.05) is 0 Å². The first-order valence-electron chi connectivity index (χ1n) is 4.14. The number of aromatic amines is 2. The Morgan fingerprint density at radius 3 is 2.64 bits per heavy atom. The zero-order valence-corrected chi connectivity index (χ0v) is 6.39. The first kappa shape index (κ1) is 6.70. The quantitative estimate of drug-likeness (QED) is 0.627. The van der Waals surface area contributed by atoms with Gasteiger partial charge in [0.2, 0.25) is 0 Å². The fourth-order valence-corrected chi connectivity index (χ4v) is 1.86. The topological polar surface area (TPSA) is 48.6 Å². The summed E-state index contributed by atoms with van der Waals surface area (Å²) in [5.74, 6) is 0.519. The van der Waals surface area contributed by atoms with E-state index in [9.17, 15) is 4.79 Å². The minimum absolute atomic E-state index is 0.0666. The van der Waals surface area contributed by atoms with Crippen molar-refractivity contribution in [1.82, 2.24) is 10.2 Å². The molecule has 1 saturated carbocycles. The van der Waals surface area contributed by atoms with E-state index in [2.05, 4.69) is 10.2 Å². The summed E-state index contributed by atoms with van der Waals surface area (Å²) in [6.07, 6.45) is 6.71. The van der Waals surface area contributed by atoms with Gasteiger partial charge in [-0.25, -0.2) is 0 Å². The van der Waals surface area contributed by atoms with Crippen LogP contribution in [0.25, 0.3) is 0 Å². The summed E-state index contributed by atoms with van der Waals surface area (Å²) < 4.78 is 0. The molecule has 0 radical (unpaired) electrons. The first-order chi connectivity index (χ1) is 5.38. The van der Waals surface area contributed by atoms with Gasteiger partial charge in [0.15, 0.2) is 0 Å². The average Bonchev–Trinajstić information content (AvgIpc) is 2.55. The minimum atomic E-state index is 0.0666. The van der Waals surface area contributed by atoms with Crippen LogP contribution < -0.4 is 5.56 Å². The normalized spacial score (nSPS) is 19.3. The molecule has 3 nitrogen and oxygen atoms in total. The van der Waals surface area contributed by atoms with Gasteiger partial charge >= 0.3 is 0 Å². The Hall–Kier alpha value is -0.990. The maximum Gasteiger partial charge on any atom is 0.267 e. The van der Waals surface area contributed by atoms with Gasteiger partial charge in [-0.05, 0) is 18.8 Å². The minimum Gasteiger partial charge on any atom is -0.305 e. The molecule has 1 aromatic heterocycles. The van der Waals surface area contributed by atoms with Crippen LogP contribution in [0.4, 0.5) is 0 Å².